The van der Waals surface area contributed by atoms with Gasteiger partial charge in [-0.3, -0.25) is 0 Å². The zero-order valence-corrected chi connectivity index (χ0v) is 13.8. The molecule has 2 aromatic carbocycles. The second kappa shape index (κ2) is 6.26. The predicted molar refractivity (Wildman–Crippen MR) is 83.3 cm³/mol. The molecule has 0 bridgehead atoms. The number of esters is 1. The monoisotopic (exact) mass is 365 g/mol. The first-order valence-electron chi connectivity index (χ1n) is 7.13. The van der Waals surface area contributed by atoms with Gasteiger partial charge in [-0.05, 0) is 29.3 Å². The fourth-order valence-electron chi connectivity index (χ4n) is 2.68. The molecule has 0 saturated heterocycles. The summed E-state index contributed by atoms with van der Waals surface area (Å²) in [6.45, 7) is 0. The van der Waals surface area contributed by atoms with Crippen molar-refractivity contribution in [3.8, 4) is 17.2 Å². The van der Waals surface area contributed by atoms with E-state index in [-0.39, 0.29) is 29.2 Å². The van der Waals surface area contributed by atoms with Gasteiger partial charge in [0.15, 0.2) is 11.5 Å². The average molecular weight is 365 g/mol. The van der Waals surface area contributed by atoms with E-state index in [0.29, 0.717) is 11.1 Å². The maximum absolute atomic E-state index is 12.1. The number of benzene rings is 2. The summed E-state index contributed by atoms with van der Waals surface area (Å²) in [5, 5.41) is 9.78. The SMILES string of the molecule is COc1ccc(C2Cc3cccc(O)c3C(=O)O2)cc1OS(=O)(=O)[O-]. The molecule has 1 unspecified atom stereocenters. The van der Waals surface area contributed by atoms with Gasteiger partial charge in [0.05, 0.1) is 7.11 Å². The maximum atomic E-state index is 12.1. The molecule has 8 nitrogen and oxygen atoms in total. The summed E-state index contributed by atoms with van der Waals surface area (Å²) in [6.07, 6.45) is -0.463. The smallest absolute Gasteiger partial charge is 0.342 e. The number of hydrogen-bond acceptors (Lipinski definition) is 8. The molecule has 0 spiro atoms. The Hall–Kier alpha value is -2.78. The molecule has 0 fully saturated rings. The molecule has 0 amide bonds. The Balaban J connectivity index is 1.98. The number of carbonyl (C=O) groups excluding carboxylic acids is 1. The van der Waals surface area contributed by atoms with Crippen LogP contribution in [0.25, 0.3) is 0 Å². The highest BCUT2D eigenvalue weighted by Crippen LogP contribution is 2.37. The van der Waals surface area contributed by atoms with Gasteiger partial charge >= 0.3 is 5.97 Å². The number of carbonyl (C=O) groups is 1. The Kier molecular flexibility index (Phi) is 4.27. The van der Waals surface area contributed by atoms with Gasteiger partial charge in [-0.25, -0.2) is 13.2 Å². The number of cyclic esters (lactones) is 1. The number of aromatic hydroxyl groups is 1. The van der Waals surface area contributed by atoms with E-state index < -0.39 is 22.5 Å². The molecule has 9 heteroatoms. The van der Waals surface area contributed by atoms with Crippen LogP contribution in [0.2, 0.25) is 0 Å². The Labute approximate surface area is 143 Å². The fraction of sp³-hybridized carbons (Fsp3) is 0.188. The summed E-state index contributed by atoms with van der Waals surface area (Å²) in [6, 6.07) is 8.91. The first-order valence-corrected chi connectivity index (χ1v) is 8.47. The standard InChI is InChI=1S/C16H14O8S/c1-22-12-6-5-9(7-14(12)24-25(19,20)21)13-8-10-3-2-4-11(17)15(10)16(18)23-13/h2-7,13,17H,8H2,1H3,(H,19,20,21)/p-1. The predicted octanol–water partition coefficient (Wildman–Crippen LogP) is 1.69. The molecule has 1 atom stereocenters. The van der Waals surface area contributed by atoms with Gasteiger partial charge in [-0.15, -0.1) is 0 Å². The van der Waals surface area contributed by atoms with E-state index in [9.17, 15) is 22.9 Å². The highest BCUT2D eigenvalue weighted by molar-refractivity contribution is 7.81. The topological polar surface area (TPSA) is 122 Å². The molecule has 1 aliphatic heterocycles. The molecule has 1 aliphatic rings. The summed E-state index contributed by atoms with van der Waals surface area (Å²) < 4.78 is 47.2. The number of phenols is 1. The van der Waals surface area contributed by atoms with Crippen LogP contribution >= 0.6 is 0 Å². The summed E-state index contributed by atoms with van der Waals surface area (Å²) in [5.74, 6) is -1.12. The summed E-state index contributed by atoms with van der Waals surface area (Å²) in [5.41, 5.74) is 1.11. The van der Waals surface area contributed by atoms with E-state index in [2.05, 4.69) is 4.18 Å². The average Bonchev–Trinajstić information content (AvgIpc) is 2.53. The minimum atomic E-state index is -4.99. The first kappa shape index (κ1) is 17.1. The number of phenolic OH excluding ortho intramolecular Hbond substituents is 1. The van der Waals surface area contributed by atoms with Gasteiger partial charge in [0, 0.05) is 6.42 Å². The van der Waals surface area contributed by atoms with Crippen molar-refractivity contribution >= 4 is 16.4 Å². The van der Waals surface area contributed by atoms with E-state index in [0.717, 1.165) is 0 Å². The van der Waals surface area contributed by atoms with Crippen molar-refractivity contribution < 1.29 is 36.5 Å². The third kappa shape index (κ3) is 3.52. The highest BCUT2D eigenvalue weighted by atomic mass is 32.3. The largest absolute Gasteiger partial charge is 0.716 e. The van der Waals surface area contributed by atoms with Crippen LogP contribution < -0.4 is 8.92 Å². The van der Waals surface area contributed by atoms with Gasteiger partial charge < -0.3 is 23.3 Å². The molecule has 0 aromatic heterocycles. The minimum absolute atomic E-state index is 0.0448. The van der Waals surface area contributed by atoms with E-state index in [4.69, 9.17) is 9.47 Å². The molecule has 1 N–H and O–H groups in total. The second-order valence-corrected chi connectivity index (χ2v) is 6.29. The highest BCUT2D eigenvalue weighted by Gasteiger charge is 2.30. The van der Waals surface area contributed by atoms with Crippen LogP contribution in [0, 0.1) is 0 Å². The third-order valence-electron chi connectivity index (χ3n) is 3.74. The van der Waals surface area contributed by atoms with Crippen LogP contribution in [-0.2, 0) is 21.6 Å². The molecule has 0 aliphatic carbocycles. The zero-order chi connectivity index (χ0) is 18.2. The van der Waals surface area contributed by atoms with Crippen molar-refractivity contribution in [1.82, 2.24) is 0 Å². The third-order valence-corrected chi connectivity index (χ3v) is 4.12. The summed E-state index contributed by atoms with van der Waals surface area (Å²) in [4.78, 5) is 12.1. The Bertz CT molecular complexity index is 935. The van der Waals surface area contributed by atoms with Crippen molar-refractivity contribution in [1.29, 1.82) is 0 Å². The maximum Gasteiger partial charge on any atom is 0.342 e. The molecule has 1 heterocycles. The van der Waals surface area contributed by atoms with E-state index in [1.165, 1.54) is 25.3 Å². The lowest BCUT2D eigenvalue weighted by molar-refractivity contribution is 0.0248. The Morgan fingerprint density at radius 3 is 2.68 bits per heavy atom. The van der Waals surface area contributed by atoms with Crippen LogP contribution in [0.4, 0.5) is 0 Å². The first-order chi connectivity index (χ1) is 11.8. The van der Waals surface area contributed by atoms with Gasteiger partial charge in [0.1, 0.15) is 17.4 Å². The van der Waals surface area contributed by atoms with Crippen LogP contribution in [0.1, 0.15) is 27.6 Å². The fourth-order valence-corrected chi connectivity index (χ4v) is 3.03. The summed E-state index contributed by atoms with van der Waals surface area (Å²) in [7, 11) is -3.70. The second-order valence-electron chi connectivity index (χ2n) is 5.31. The van der Waals surface area contributed by atoms with Gasteiger partial charge in [0.25, 0.3) is 10.4 Å². The van der Waals surface area contributed by atoms with Gasteiger partial charge in [-0.2, -0.15) is 0 Å². The Morgan fingerprint density at radius 2 is 2.00 bits per heavy atom. The molecule has 132 valence electrons. The normalized spacial score (nSPS) is 16.7. The summed E-state index contributed by atoms with van der Waals surface area (Å²) >= 11 is 0. The van der Waals surface area contributed by atoms with Crippen molar-refractivity contribution in [2.75, 3.05) is 7.11 Å². The van der Waals surface area contributed by atoms with Crippen molar-refractivity contribution in [3.63, 3.8) is 0 Å². The number of hydrogen-bond donors (Lipinski definition) is 1. The van der Waals surface area contributed by atoms with Crippen LogP contribution in [0.15, 0.2) is 36.4 Å². The van der Waals surface area contributed by atoms with Crippen molar-refractivity contribution in [2.24, 2.45) is 0 Å². The molecule has 0 saturated carbocycles. The molecule has 0 radical (unpaired) electrons. The molecule has 2 aromatic rings. The lowest BCUT2D eigenvalue weighted by Gasteiger charge is -2.26. The van der Waals surface area contributed by atoms with Crippen molar-refractivity contribution in [3.05, 3.63) is 53.1 Å². The zero-order valence-electron chi connectivity index (χ0n) is 13.0. The Morgan fingerprint density at radius 1 is 1.24 bits per heavy atom. The van der Waals surface area contributed by atoms with Gasteiger partial charge in [-0.1, -0.05) is 18.2 Å². The number of ether oxygens (including phenoxy) is 2. The molecule has 25 heavy (non-hydrogen) atoms. The van der Waals surface area contributed by atoms with Crippen LogP contribution in [-0.4, -0.2) is 31.2 Å². The van der Waals surface area contributed by atoms with Gasteiger partial charge in [0.2, 0.25) is 0 Å². The lowest BCUT2D eigenvalue weighted by atomic mass is 9.94. The number of rotatable bonds is 4. The molecule has 3 rings (SSSR count). The number of methoxy groups -OCH3 is 1. The number of fused-ring (bicyclic) bond motifs is 1. The van der Waals surface area contributed by atoms with Crippen LogP contribution in [0.5, 0.6) is 17.2 Å². The molecular weight excluding hydrogens is 352 g/mol. The van der Waals surface area contributed by atoms with Crippen molar-refractivity contribution in [2.45, 2.75) is 12.5 Å². The minimum Gasteiger partial charge on any atom is -0.716 e. The van der Waals surface area contributed by atoms with E-state index >= 15 is 0 Å². The quantitative estimate of drug-likeness (QED) is 0.493. The van der Waals surface area contributed by atoms with E-state index in [1.807, 2.05) is 0 Å². The van der Waals surface area contributed by atoms with Crippen LogP contribution in [0.3, 0.4) is 0 Å². The lowest BCUT2D eigenvalue weighted by Crippen LogP contribution is -2.22. The molecular formula is C16H13O8S-. The van der Waals surface area contributed by atoms with E-state index in [1.54, 1.807) is 18.2 Å².